The van der Waals surface area contributed by atoms with E-state index in [0.29, 0.717) is 0 Å². The highest BCUT2D eigenvalue weighted by molar-refractivity contribution is 5.05. The van der Waals surface area contributed by atoms with Crippen LogP contribution in [0.5, 0.6) is 0 Å². The zero-order valence-electron chi connectivity index (χ0n) is 16.7. The largest absolute Gasteiger partial charge is 0.330 e. The third kappa shape index (κ3) is 2.58. The molecule has 1 heteroatoms. The lowest BCUT2D eigenvalue weighted by atomic mass is 9.44. The van der Waals surface area contributed by atoms with E-state index in [4.69, 9.17) is 5.73 Å². The van der Waals surface area contributed by atoms with E-state index in [0.717, 1.165) is 71.6 Å². The van der Waals surface area contributed by atoms with Gasteiger partial charge < -0.3 is 5.73 Å². The molecule has 10 unspecified atom stereocenters. The fraction of sp³-hybridized carbons (Fsp3) is 1.00. The molecule has 0 aromatic rings. The minimum absolute atomic E-state index is 0.893. The van der Waals surface area contributed by atoms with Gasteiger partial charge >= 0.3 is 0 Å². The van der Waals surface area contributed by atoms with Crippen LogP contribution in [0.15, 0.2) is 0 Å². The van der Waals surface area contributed by atoms with Gasteiger partial charge in [-0.15, -0.1) is 0 Å². The maximum Gasteiger partial charge on any atom is -0.00461 e. The molecule has 0 aromatic carbocycles. The van der Waals surface area contributed by atoms with Gasteiger partial charge in [0.2, 0.25) is 0 Å². The second-order valence-corrected chi connectivity index (χ2v) is 11.1. The van der Waals surface area contributed by atoms with Crippen molar-refractivity contribution in [1.82, 2.24) is 0 Å². The van der Waals surface area contributed by atoms with Gasteiger partial charge in [-0.1, -0.05) is 13.8 Å². The first kappa shape index (κ1) is 17.1. The molecule has 0 bridgehead atoms. The average Bonchev–Trinajstić information content (AvgIpc) is 2.46. The first-order valence-electron chi connectivity index (χ1n) is 11.9. The summed E-state index contributed by atoms with van der Waals surface area (Å²) in [6.45, 7) is 5.91. The van der Waals surface area contributed by atoms with Crippen molar-refractivity contribution in [2.24, 2.45) is 70.8 Å². The molecule has 0 heterocycles. The molecule has 0 spiro atoms. The molecule has 5 fully saturated rings. The zero-order chi connectivity index (χ0) is 17.1. The van der Waals surface area contributed by atoms with Crippen LogP contribution in [0.1, 0.15) is 78.1 Å². The first-order chi connectivity index (χ1) is 12.2. The lowest BCUT2D eigenvalue weighted by Gasteiger charge is -2.61. The molecule has 5 aliphatic carbocycles. The van der Waals surface area contributed by atoms with Crippen LogP contribution in [-0.2, 0) is 0 Å². The minimum Gasteiger partial charge on any atom is -0.330 e. The van der Waals surface area contributed by atoms with Crippen molar-refractivity contribution in [3.8, 4) is 0 Å². The average molecular weight is 344 g/mol. The molecule has 10 atom stereocenters. The maximum absolute atomic E-state index is 6.03. The Kier molecular flexibility index (Phi) is 4.47. The predicted molar refractivity (Wildman–Crippen MR) is 105 cm³/mol. The SMILES string of the molecule is CC(C)C1CCC1C1CCC1C1CCC1C1CCC1C1CCC1CN. The van der Waals surface area contributed by atoms with Crippen molar-refractivity contribution in [3.63, 3.8) is 0 Å². The monoisotopic (exact) mass is 343 g/mol. The summed E-state index contributed by atoms with van der Waals surface area (Å²) in [5.74, 6) is 11.8. The summed E-state index contributed by atoms with van der Waals surface area (Å²) in [5, 5.41) is 0. The van der Waals surface area contributed by atoms with E-state index in [9.17, 15) is 0 Å². The maximum atomic E-state index is 6.03. The van der Waals surface area contributed by atoms with E-state index in [1.54, 1.807) is 44.9 Å². The number of hydrogen-bond acceptors (Lipinski definition) is 1. The number of hydrogen-bond donors (Lipinski definition) is 1. The molecule has 0 amide bonds. The Bertz CT molecular complexity index is 482. The van der Waals surface area contributed by atoms with E-state index in [2.05, 4.69) is 13.8 Å². The molecule has 25 heavy (non-hydrogen) atoms. The molecule has 5 rings (SSSR count). The van der Waals surface area contributed by atoms with Crippen LogP contribution in [0.25, 0.3) is 0 Å². The van der Waals surface area contributed by atoms with Crippen LogP contribution in [0.2, 0.25) is 0 Å². The molecule has 2 N–H and O–H groups in total. The summed E-state index contributed by atoms with van der Waals surface area (Å²) in [5.41, 5.74) is 6.03. The van der Waals surface area contributed by atoms with E-state index in [-0.39, 0.29) is 0 Å². The summed E-state index contributed by atoms with van der Waals surface area (Å²) in [7, 11) is 0. The van der Waals surface area contributed by atoms with Gasteiger partial charge in [0.05, 0.1) is 0 Å². The molecule has 5 aliphatic rings. The van der Waals surface area contributed by atoms with Gasteiger partial charge in [0.25, 0.3) is 0 Å². The molecular weight excluding hydrogens is 302 g/mol. The second kappa shape index (κ2) is 6.54. The van der Waals surface area contributed by atoms with Crippen molar-refractivity contribution in [2.45, 2.75) is 78.1 Å². The summed E-state index contributed by atoms with van der Waals surface area (Å²) in [6.07, 6.45) is 15.5. The van der Waals surface area contributed by atoms with Gasteiger partial charge in [-0.05, 0) is 136 Å². The quantitative estimate of drug-likeness (QED) is 0.654. The molecule has 0 aliphatic heterocycles. The van der Waals surface area contributed by atoms with Crippen LogP contribution in [0.4, 0.5) is 0 Å². The predicted octanol–water partition coefficient (Wildman–Crippen LogP) is 5.73. The third-order valence-electron chi connectivity index (χ3n) is 10.4. The van der Waals surface area contributed by atoms with Crippen molar-refractivity contribution in [1.29, 1.82) is 0 Å². The topological polar surface area (TPSA) is 26.0 Å². The smallest absolute Gasteiger partial charge is 0.00461 e. The Labute approximate surface area is 155 Å². The van der Waals surface area contributed by atoms with E-state index >= 15 is 0 Å². The highest BCUT2D eigenvalue weighted by Crippen LogP contribution is 2.63. The Hall–Kier alpha value is -0.0400. The molecule has 142 valence electrons. The molecule has 0 radical (unpaired) electrons. The van der Waals surface area contributed by atoms with Crippen LogP contribution in [0, 0.1) is 65.1 Å². The molecule has 5 saturated carbocycles. The first-order valence-corrected chi connectivity index (χ1v) is 11.9. The van der Waals surface area contributed by atoms with Crippen molar-refractivity contribution in [2.75, 3.05) is 6.54 Å². The highest BCUT2D eigenvalue weighted by atomic mass is 14.6. The number of rotatable bonds is 6. The van der Waals surface area contributed by atoms with E-state index in [1.165, 1.54) is 19.3 Å². The van der Waals surface area contributed by atoms with Crippen LogP contribution in [0.3, 0.4) is 0 Å². The normalized spacial score (nSPS) is 54.7. The molecule has 0 saturated heterocycles. The van der Waals surface area contributed by atoms with Gasteiger partial charge in [-0.25, -0.2) is 0 Å². The molecule has 0 aromatic heterocycles. The van der Waals surface area contributed by atoms with E-state index in [1.807, 2.05) is 0 Å². The standard InChI is InChI=1S/C24H41N/c1-14(2)16-5-6-18(16)20-9-10-22(20)24-12-11-23(24)21-8-7-19(21)17-4-3-15(17)13-25/h14-24H,3-13,25H2,1-2H3. The Morgan fingerprint density at radius 3 is 1.24 bits per heavy atom. The summed E-state index contributed by atoms with van der Waals surface area (Å²) < 4.78 is 0. The summed E-state index contributed by atoms with van der Waals surface area (Å²) in [4.78, 5) is 0. The van der Waals surface area contributed by atoms with Crippen molar-refractivity contribution >= 4 is 0 Å². The lowest BCUT2D eigenvalue weighted by molar-refractivity contribution is -0.119. The fourth-order valence-electron chi connectivity index (χ4n) is 8.21. The minimum atomic E-state index is 0.893. The molecule has 1 nitrogen and oxygen atoms in total. The summed E-state index contributed by atoms with van der Waals surface area (Å²) >= 11 is 0. The fourth-order valence-corrected chi connectivity index (χ4v) is 8.21. The van der Waals surface area contributed by atoms with Crippen molar-refractivity contribution < 1.29 is 0 Å². The van der Waals surface area contributed by atoms with Gasteiger partial charge in [0, 0.05) is 0 Å². The summed E-state index contributed by atoms with van der Waals surface area (Å²) in [6, 6.07) is 0. The number of nitrogens with two attached hydrogens (primary N) is 1. The Balaban J connectivity index is 1.20. The molecular formula is C24H41N. The lowest BCUT2D eigenvalue weighted by Crippen LogP contribution is -2.54. The van der Waals surface area contributed by atoms with Gasteiger partial charge in [-0.3, -0.25) is 0 Å². The van der Waals surface area contributed by atoms with Gasteiger partial charge in [0.15, 0.2) is 0 Å². The van der Waals surface area contributed by atoms with Gasteiger partial charge in [-0.2, -0.15) is 0 Å². The van der Waals surface area contributed by atoms with E-state index < -0.39 is 0 Å². The zero-order valence-corrected chi connectivity index (χ0v) is 16.7. The van der Waals surface area contributed by atoms with Crippen LogP contribution < -0.4 is 5.73 Å². The Morgan fingerprint density at radius 1 is 0.560 bits per heavy atom. The van der Waals surface area contributed by atoms with Crippen molar-refractivity contribution in [3.05, 3.63) is 0 Å². The van der Waals surface area contributed by atoms with Gasteiger partial charge in [0.1, 0.15) is 0 Å². The highest BCUT2D eigenvalue weighted by Gasteiger charge is 2.55. The Morgan fingerprint density at radius 2 is 0.960 bits per heavy atom. The second-order valence-electron chi connectivity index (χ2n) is 11.1. The van der Waals surface area contributed by atoms with Crippen LogP contribution >= 0.6 is 0 Å². The third-order valence-corrected chi connectivity index (χ3v) is 10.4. The van der Waals surface area contributed by atoms with Crippen LogP contribution in [-0.4, -0.2) is 6.54 Å².